The summed E-state index contributed by atoms with van der Waals surface area (Å²) in [6.07, 6.45) is 0. The molecule has 0 saturated heterocycles. The number of hydrogen-bond acceptors (Lipinski definition) is 4. The highest BCUT2D eigenvalue weighted by molar-refractivity contribution is 6.36. The Morgan fingerprint density at radius 3 is 2.00 bits per heavy atom. The zero-order valence-electron chi connectivity index (χ0n) is 18.7. The van der Waals surface area contributed by atoms with Gasteiger partial charge in [-0.25, -0.2) is 0 Å². The molecule has 3 aromatic carbocycles. The Bertz CT molecular complexity index is 1210. The first-order chi connectivity index (χ1) is 15.4. The molecule has 0 bridgehead atoms. The van der Waals surface area contributed by atoms with Gasteiger partial charge in [-0.3, -0.25) is 14.5 Å². The minimum Gasteiger partial charge on any atom is -0.495 e. The third-order valence-electron chi connectivity index (χ3n) is 5.58. The van der Waals surface area contributed by atoms with Crippen LogP contribution in [-0.4, -0.2) is 23.8 Å². The molecular formula is C27H26N2O3. The van der Waals surface area contributed by atoms with Gasteiger partial charge < -0.3 is 10.1 Å². The van der Waals surface area contributed by atoms with Crippen LogP contribution in [0.25, 0.3) is 5.57 Å². The molecule has 5 heteroatoms. The van der Waals surface area contributed by atoms with Crippen LogP contribution in [-0.2, 0) is 16.1 Å². The Hall–Kier alpha value is -3.86. The molecule has 4 rings (SSSR count). The van der Waals surface area contributed by atoms with E-state index in [2.05, 4.69) is 5.32 Å². The number of aryl methyl sites for hydroxylation is 3. The highest BCUT2D eigenvalue weighted by Gasteiger charge is 2.39. The summed E-state index contributed by atoms with van der Waals surface area (Å²) < 4.78 is 5.47. The van der Waals surface area contributed by atoms with Gasteiger partial charge in [-0.15, -0.1) is 0 Å². The predicted octanol–water partition coefficient (Wildman–Crippen LogP) is 5.01. The molecule has 0 spiro atoms. The third kappa shape index (κ3) is 4.14. The zero-order chi connectivity index (χ0) is 22.8. The Balaban J connectivity index is 1.77. The number of imide groups is 1. The van der Waals surface area contributed by atoms with Crippen LogP contribution >= 0.6 is 0 Å². The number of benzene rings is 3. The molecule has 5 nitrogen and oxygen atoms in total. The van der Waals surface area contributed by atoms with Gasteiger partial charge in [0.15, 0.2) is 0 Å². The SMILES string of the molecule is COc1ccc(C)cc1NC1=C(c2ccc(C)cc2)C(=O)N(Cc2ccc(C)cc2)C1=O. The molecule has 1 heterocycles. The summed E-state index contributed by atoms with van der Waals surface area (Å²) in [4.78, 5) is 28.2. The van der Waals surface area contributed by atoms with Crippen molar-refractivity contribution < 1.29 is 14.3 Å². The van der Waals surface area contributed by atoms with E-state index >= 15 is 0 Å². The van der Waals surface area contributed by atoms with Crippen molar-refractivity contribution in [3.63, 3.8) is 0 Å². The fraction of sp³-hybridized carbons (Fsp3) is 0.185. The second-order valence-corrected chi connectivity index (χ2v) is 8.13. The lowest BCUT2D eigenvalue weighted by atomic mass is 10.0. The summed E-state index contributed by atoms with van der Waals surface area (Å²) in [7, 11) is 1.58. The van der Waals surface area contributed by atoms with E-state index in [4.69, 9.17) is 4.74 Å². The fourth-order valence-electron chi connectivity index (χ4n) is 3.75. The normalized spacial score (nSPS) is 13.7. The zero-order valence-corrected chi connectivity index (χ0v) is 18.7. The first-order valence-corrected chi connectivity index (χ1v) is 10.5. The summed E-state index contributed by atoms with van der Waals surface area (Å²) in [6.45, 7) is 6.17. The molecule has 0 fully saturated rings. The smallest absolute Gasteiger partial charge is 0.278 e. The summed E-state index contributed by atoms with van der Waals surface area (Å²) >= 11 is 0. The van der Waals surface area contributed by atoms with Crippen molar-refractivity contribution in [3.8, 4) is 5.75 Å². The number of amides is 2. The molecule has 0 saturated carbocycles. The van der Waals surface area contributed by atoms with E-state index in [9.17, 15) is 9.59 Å². The maximum Gasteiger partial charge on any atom is 0.278 e. The third-order valence-corrected chi connectivity index (χ3v) is 5.58. The Labute approximate surface area is 188 Å². The molecule has 0 atom stereocenters. The van der Waals surface area contributed by atoms with E-state index in [1.54, 1.807) is 7.11 Å². The van der Waals surface area contributed by atoms with Gasteiger partial charge in [0.2, 0.25) is 0 Å². The molecule has 0 aromatic heterocycles. The topological polar surface area (TPSA) is 58.6 Å². The lowest BCUT2D eigenvalue weighted by Crippen LogP contribution is -2.32. The van der Waals surface area contributed by atoms with Gasteiger partial charge in [-0.05, 0) is 49.6 Å². The molecule has 1 aliphatic heterocycles. The van der Waals surface area contributed by atoms with Crippen LogP contribution < -0.4 is 10.1 Å². The summed E-state index contributed by atoms with van der Waals surface area (Å²) in [6, 6.07) is 21.1. The average Bonchev–Trinajstić information content (AvgIpc) is 3.00. The molecule has 1 aliphatic rings. The van der Waals surface area contributed by atoms with Gasteiger partial charge in [0.25, 0.3) is 11.8 Å². The lowest BCUT2D eigenvalue weighted by Gasteiger charge is -2.16. The second-order valence-electron chi connectivity index (χ2n) is 8.13. The largest absolute Gasteiger partial charge is 0.495 e. The number of carbonyl (C=O) groups excluding carboxylic acids is 2. The number of rotatable bonds is 6. The minimum atomic E-state index is -0.352. The maximum absolute atomic E-state index is 13.5. The van der Waals surface area contributed by atoms with E-state index in [1.807, 2.05) is 87.5 Å². The quantitative estimate of drug-likeness (QED) is 0.563. The molecule has 0 radical (unpaired) electrons. The molecule has 0 aliphatic carbocycles. The number of carbonyl (C=O) groups is 2. The molecule has 3 aromatic rings. The number of nitrogens with one attached hydrogen (secondary N) is 1. The van der Waals surface area contributed by atoms with Crippen molar-refractivity contribution in [1.29, 1.82) is 0 Å². The van der Waals surface area contributed by atoms with Gasteiger partial charge >= 0.3 is 0 Å². The Kier molecular flexibility index (Phi) is 5.82. The number of anilines is 1. The summed E-state index contributed by atoms with van der Waals surface area (Å²) in [5, 5.41) is 3.21. The van der Waals surface area contributed by atoms with Crippen molar-refractivity contribution in [2.75, 3.05) is 12.4 Å². The van der Waals surface area contributed by atoms with E-state index in [1.165, 1.54) is 4.90 Å². The fourth-order valence-corrected chi connectivity index (χ4v) is 3.75. The van der Waals surface area contributed by atoms with Crippen LogP contribution in [0, 0.1) is 20.8 Å². The Morgan fingerprint density at radius 2 is 1.38 bits per heavy atom. The van der Waals surface area contributed by atoms with Crippen molar-refractivity contribution in [2.45, 2.75) is 27.3 Å². The van der Waals surface area contributed by atoms with Crippen LogP contribution in [0.3, 0.4) is 0 Å². The predicted molar refractivity (Wildman–Crippen MR) is 126 cm³/mol. The second kappa shape index (κ2) is 8.71. The maximum atomic E-state index is 13.5. The monoisotopic (exact) mass is 426 g/mol. The molecule has 2 amide bonds. The minimum absolute atomic E-state index is 0.212. The van der Waals surface area contributed by atoms with E-state index < -0.39 is 0 Å². The average molecular weight is 427 g/mol. The number of ether oxygens (including phenoxy) is 1. The highest BCUT2D eigenvalue weighted by Crippen LogP contribution is 2.34. The molecule has 0 unspecified atom stereocenters. The number of nitrogens with zero attached hydrogens (tertiary/aromatic N) is 1. The number of hydrogen-bond donors (Lipinski definition) is 1. The molecular weight excluding hydrogens is 400 g/mol. The standard InChI is InChI=1S/C27H26N2O3/c1-17-5-10-20(11-6-17)16-29-26(30)24(21-12-7-18(2)8-13-21)25(27(29)31)28-22-15-19(3)9-14-23(22)32-4/h5-15,28H,16H2,1-4H3. The molecule has 32 heavy (non-hydrogen) atoms. The Morgan fingerprint density at radius 1 is 0.781 bits per heavy atom. The summed E-state index contributed by atoms with van der Waals surface area (Å²) in [5.74, 6) is -0.0631. The van der Waals surface area contributed by atoms with Gasteiger partial charge in [-0.2, -0.15) is 0 Å². The van der Waals surface area contributed by atoms with Crippen molar-refractivity contribution >= 4 is 23.1 Å². The van der Waals surface area contributed by atoms with E-state index in [0.29, 0.717) is 22.6 Å². The van der Waals surface area contributed by atoms with Gasteiger partial charge in [-0.1, -0.05) is 65.7 Å². The highest BCUT2D eigenvalue weighted by atomic mass is 16.5. The lowest BCUT2D eigenvalue weighted by molar-refractivity contribution is -0.137. The van der Waals surface area contributed by atoms with Crippen LogP contribution in [0.5, 0.6) is 5.75 Å². The van der Waals surface area contributed by atoms with E-state index in [-0.39, 0.29) is 24.1 Å². The van der Waals surface area contributed by atoms with Gasteiger partial charge in [0.05, 0.1) is 24.9 Å². The number of methoxy groups -OCH3 is 1. The van der Waals surface area contributed by atoms with Gasteiger partial charge in [0, 0.05) is 0 Å². The van der Waals surface area contributed by atoms with Crippen molar-refractivity contribution in [2.24, 2.45) is 0 Å². The molecule has 1 N–H and O–H groups in total. The first kappa shape index (κ1) is 21.4. The van der Waals surface area contributed by atoms with E-state index in [0.717, 1.165) is 22.3 Å². The van der Waals surface area contributed by atoms with Crippen LogP contribution in [0.15, 0.2) is 72.4 Å². The van der Waals surface area contributed by atoms with Crippen molar-refractivity contribution in [3.05, 3.63) is 100 Å². The van der Waals surface area contributed by atoms with Crippen LogP contribution in [0.2, 0.25) is 0 Å². The van der Waals surface area contributed by atoms with Crippen LogP contribution in [0.1, 0.15) is 27.8 Å². The molecule has 162 valence electrons. The van der Waals surface area contributed by atoms with Crippen LogP contribution in [0.4, 0.5) is 5.69 Å². The summed E-state index contributed by atoms with van der Waals surface area (Å²) in [5.41, 5.74) is 6.09. The first-order valence-electron chi connectivity index (χ1n) is 10.5. The van der Waals surface area contributed by atoms with Crippen molar-refractivity contribution in [1.82, 2.24) is 4.90 Å². The van der Waals surface area contributed by atoms with Gasteiger partial charge in [0.1, 0.15) is 11.4 Å².